The molecule has 0 saturated heterocycles. The van der Waals surface area contributed by atoms with Crippen LogP contribution < -0.4 is 10.7 Å². The molecule has 1 amide bonds. The van der Waals surface area contributed by atoms with Crippen LogP contribution in [0.4, 0.5) is 10.1 Å². The number of hydrogen-bond acceptors (Lipinski definition) is 3. The summed E-state index contributed by atoms with van der Waals surface area (Å²) in [4.78, 5) is 12.7. The Morgan fingerprint density at radius 3 is 2.46 bits per heavy atom. The minimum absolute atomic E-state index is 0.122. The lowest BCUT2D eigenvalue weighted by atomic mass is 9.90. The number of carbonyl (C=O) groups is 1. The van der Waals surface area contributed by atoms with Gasteiger partial charge in [-0.1, -0.05) is 39.0 Å². The van der Waals surface area contributed by atoms with E-state index in [4.69, 9.17) is 0 Å². The Bertz CT molecular complexity index is 652. The van der Waals surface area contributed by atoms with E-state index < -0.39 is 17.4 Å². The SMILES string of the molecule is CC(C)CC(C)c1ccccc1NC(=O)C1=C(F)N(C)NC1(C)C. The van der Waals surface area contributed by atoms with Crippen LogP contribution in [-0.4, -0.2) is 23.5 Å². The van der Waals surface area contributed by atoms with Gasteiger partial charge in [0.15, 0.2) is 0 Å². The van der Waals surface area contributed by atoms with Crippen molar-refractivity contribution in [3.05, 3.63) is 41.4 Å². The third kappa shape index (κ3) is 3.78. The molecule has 1 atom stereocenters. The Kier molecular flexibility index (Phi) is 5.33. The van der Waals surface area contributed by atoms with Crippen LogP contribution in [-0.2, 0) is 4.79 Å². The summed E-state index contributed by atoms with van der Waals surface area (Å²) in [7, 11) is 1.57. The summed E-state index contributed by atoms with van der Waals surface area (Å²) >= 11 is 0. The van der Waals surface area contributed by atoms with Crippen molar-refractivity contribution in [2.24, 2.45) is 5.92 Å². The fourth-order valence-corrected chi connectivity index (χ4v) is 3.39. The van der Waals surface area contributed by atoms with Crippen LogP contribution in [0.3, 0.4) is 0 Å². The third-order valence-corrected chi connectivity index (χ3v) is 4.36. The normalized spacial score (nSPS) is 18.2. The Labute approximate surface area is 144 Å². The van der Waals surface area contributed by atoms with Gasteiger partial charge in [0, 0.05) is 12.7 Å². The highest BCUT2D eigenvalue weighted by molar-refractivity contribution is 6.06. The van der Waals surface area contributed by atoms with E-state index in [1.807, 2.05) is 24.3 Å². The molecule has 1 heterocycles. The molecule has 0 aliphatic carbocycles. The highest BCUT2D eigenvalue weighted by Crippen LogP contribution is 2.33. The van der Waals surface area contributed by atoms with E-state index in [0.717, 1.165) is 17.7 Å². The van der Waals surface area contributed by atoms with E-state index in [1.165, 1.54) is 5.01 Å². The van der Waals surface area contributed by atoms with Gasteiger partial charge in [0.05, 0.1) is 11.1 Å². The van der Waals surface area contributed by atoms with Crippen LogP contribution in [0.25, 0.3) is 0 Å². The maximum Gasteiger partial charge on any atom is 0.258 e. The van der Waals surface area contributed by atoms with Gasteiger partial charge in [0.1, 0.15) is 0 Å². The second-order valence-electron chi connectivity index (χ2n) is 7.53. The van der Waals surface area contributed by atoms with Crippen molar-refractivity contribution in [1.82, 2.24) is 10.4 Å². The largest absolute Gasteiger partial charge is 0.322 e. The maximum absolute atomic E-state index is 14.3. The molecule has 0 saturated carbocycles. The van der Waals surface area contributed by atoms with E-state index in [-0.39, 0.29) is 5.57 Å². The molecule has 0 aromatic heterocycles. The fraction of sp³-hybridized carbons (Fsp3) is 0.526. The predicted molar refractivity (Wildman–Crippen MR) is 96.1 cm³/mol. The number of rotatable bonds is 5. The molecule has 4 nitrogen and oxygen atoms in total. The number of nitrogens with zero attached hydrogens (tertiary/aromatic N) is 1. The Balaban J connectivity index is 2.27. The molecule has 0 radical (unpaired) electrons. The molecular formula is C19H28FN3O. The van der Waals surface area contributed by atoms with Crippen molar-refractivity contribution in [3.8, 4) is 0 Å². The number of hydrogen-bond donors (Lipinski definition) is 2. The predicted octanol–water partition coefficient (Wildman–Crippen LogP) is 4.18. The van der Waals surface area contributed by atoms with E-state index in [0.29, 0.717) is 11.8 Å². The molecule has 1 unspecified atom stereocenters. The Morgan fingerprint density at radius 2 is 1.92 bits per heavy atom. The molecule has 132 valence electrons. The van der Waals surface area contributed by atoms with Crippen LogP contribution >= 0.6 is 0 Å². The van der Waals surface area contributed by atoms with Crippen LogP contribution in [0.5, 0.6) is 0 Å². The quantitative estimate of drug-likeness (QED) is 0.794. The topological polar surface area (TPSA) is 44.4 Å². The van der Waals surface area contributed by atoms with Gasteiger partial charge in [-0.2, -0.15) is 4.39 Å². The number of amides is 1. The minimum Gasteiger partial charge on any atom is -0.322 e. The number of anilines is 1. The van der Waals surface area contributed by atoms with Crippen molar-refractivity contribution < 1.29 is 9.18 Å². The summed E-state index contributed by atoms with van der Waals surface area (Å²) in [5.41, 5.74) is 4.15. The van der Waals surface area contributed by atoms with E-state index in [1.54, 1.807) is 20.9 Å². The maximum atomic E-state index is 14.3. The molecular weight excluding hydrogens is 305 g/mol. The molecule has 0 spiro atoms. The lowest BCUT2D eigenvalue weighted by Gasteiger charge is -2.23. The first-order valence-electron chi connectivity index (χ1n) is 8.45. The first kappa shape index (κ1) is 18.5. The number of halogens is 1. The number of benzene rings is 1. The summed E-state index contributed by atoms with van der Waals surface area (Å²) in [5, 5.41) is 4.16. The van der Waals surface area contributed by atoms with Crippen molar-refractivity contribution >= 4 is 11.6 Å². The zero-order valence-corrected chi connectivity index (χ0v) is 15.4. The molecule has 1 aliphatic heterocycles. The van der Waals surface area contributed by atoms with E-state index in [2.05, 4.69) is 31.5 Å². The zero-order valence-electron chi connectivity index (χ0n) is 15.4. The Morgan fingerprint density at radius 1 is 1.29 bits per heavy atom. The Hall–Kier alpha value is -1.88. The molecule has 1 aromatic rings. The van der Waals surface area contributed by atoms with Gasteiger partial charge in [0.2, 0.25) is 5.95 Å². The lowest BCUT2D eigenvalue weighted by Crippen LogP contribution is -2.44. The van der Waals surface area contributed by atoms with Crippen molar-refractivity contribution in [1.29, 1.82) is 0 Å². The molecule has 2 rings (SSSR count). The van der Waals surface area contributed by atoms with Gasteiger partial charge >= 0.3 is 0 Å². The third-order valence-electron chi connectivity index (χ3n) is 4.36. The van der Waals surface area contributed by atoms with Gasteiger partial charge in [0.25, 0.3) is 5.91 Å². The van der Waals surface area contributed by atoms with E-state index >= 15 is 0 Å². The van der Waals surface area contributed by atoms with Gasteiger partial charge in [-0.15, -0.1) is 0 Å². The summed E-state index contributed by atoms with van der Waals surface area (Å²) < 4.78 is 14.3. The monoisotopic (exact) mass is 333 g/mol. The first-order valence-corrected chi connectivity index (χ1v) is 8.45. The molecule has 1 aromatic carbocycles. The van der Waals surface area contributed by atoms with Crippen molar-refractivity contribution in [2.75, 3.05) is 12.4 Å². The summed E-state index contributed by atoms with van der Waals surface area (Å²) in [6, 6.07) is 7.76. The van der Waals surface area contributed by atoms with Crippen LogP contribution in [0, 0.1) is 5.92 Å². The molecule has 5 heteroatoms. The van der Waals surface area contributed by atoms with Crippen LogP contribution in [0.15, 0.2) is 35.8 Å². The lowest BCUT2D eigenvalue weighted by molar-refractivity contribution is -0.113. The number of nitrogens with one attached hydrogen (secondary N) is 2. The standard InChI is InChI=1S/C19H28FN3O/c1-12(2)11-13(3)14-9-7-8-10-15(14)21-18(24)16-17(20)23(6)22-19(16,4)5/h7-10,12-13,22H,11H2,1-6H3,(H,21,24). The average molecular weight is 333 g/mol. The molecule has 24 heavy (non-hydrogen) atoms. The number of hydrazine groups is 1. The smallest absolute Gasteiger partial charge is 0.258 e. The minimum atomic E-state index is -0.749. The van der Waals surface area contributed by atoms with Crippen LogP contribution in [0.1, 0.15) is 52.5 Å². The summed E-state index contributed by atoms with van der Waals surface area (Å²) in [6.45, 7) is 10.1. The number of carbonyl (C=O) groups excluding carboxylic acids is 1. The highest BCUT2D eigenvalue weighted by Gasteiger charge is 2.40. The molecule has 0 bridgehead atoms. The van der Waals surface area contributed by atoms with E-state index in [9.17, 15) is 9.18 Å². The van der Waals surface area contributed by atoms with Gasteiger partial charge in [-0.3, -0.25) is 9.80 Å². The second kappa shape index (κ2) is 6.93. The first-order chi connectivity index (χ1) is 11.1. The fourth-order valence-electron chi connectivity index (χ4n) is 3.39. The second-order valence-corrected chi connectivity index (χ2v) is 7.53. The molecule has 2 N–H and O–H groups in total. The van der Waals surface area contributed by atoms with Crippen LogP contribution in [0.2, 0.25) is 0 Å². The average Bonchev–Trinajstić information content (AvgIpc) is 2.66. The molecule has 1 aliphatic rings. The summed E-state index contributed by atoms with van der Waals surface area (Å²) in [5.74, 6) is -0.0583. The summed E-state index contributed by atoms with van der Waals surface area (Å²) in [6.07, 6.45) is 1.03. The van der Waals surface area contributed by atoms with Gasteiger partial charge in [-0.25, -0.2) is 5.43 Å². The highest BCUT2D eigenvalue weighted by atomic mass is 19.1. The van der Waals surface area contributed by atoms with Gasteiger partial charge < -0.3 is 5.32 Å². The number of para-hydroxylation sites is 1. The van der Waals surface area contributed by atoms with Gasteiger partial charge in [-0.05, 0) is 43.7 Å². The molecule has 0 fully saturated rings. The van der Waals surface area contributed by atoms with Crippen molar-refractivity contribution in [2.45, 2.75) is 52.5 Å². The zero-order chi connectivity index (χ0) is 18.1. The van der Waals surface area contributed by atoms with Crippen molar-refractivity contribution in [3.63, 3.8) is 0 Å².